The lowest BCUT2D eigenvalue weighted by Gasteiger charge is -2.30. The van der Waals surface area contributed by atoms with Crippen LogP contribution in [0.5, 0.6) is 0 Å². The average molecular weight is 331 g/mol. The van der Waals surface area contributed by atoms with Crippen LogP contribution in [0.2, 0.25) is 0 Å². The molecular formula is C18H25N3O3. The highest BCUT2D eigenvalue weighted by atomic mass is 16.3. The summed E-state index contributed by atoms with van der Waals surface area (Å²) in [6.45, 7) is 1.50. The molecule has 0 spiro atoms. The summed E-state index contributed by atoms with van der Waals surface area (Å²) in [5, 5.41) is 12.1. The standard InChI is InChI=1S/C18H25N3O3/c22-13-10-14-6-5-12-20(14)18(24)19-15-7-1-2-8-16(15)21-11-4-3-9-17(21)23/h1-2,7-8,14,22H,3-6,9-13H2,(H,19,24). The maximum Gasteiger partial charge on any atom is 0.322 e. The van der Waals surface area contributed by atoms with Crippen LogP contribution in [0.1, 0.15) is 38.5 Å². The first-order valence-electron chi connectivity index (χ1n) is 8.78. The van der Waals surface area contributed by atoms with Crippen molar-refractivity contribution in [3.05, 3.63) is 24.3 Å². The van der Waals surface area contributed by atoms with Crippen molar-refractivity contribution in [3.63, 3.8) is 0 Å². The molecule has 1 unspecified atom stereocenters. The number of benzene rings is 1. The Morgan fingerprint density at radius 1 is 1.21 bits per heavy atom. The molecule has 3 amide bonds. The normalized spacial score (nSPS) is 21.2. The topological polar surface area (TPSA) is 72.9 Å². The Hall–Kier alpha value is -2.08. The summed E-state index contributed by atoms with van der Waals surface area (Å²) in [6, 6.07) is 7.42. The van der Waals surface area contributed by atoms with Gasteiger partial charge in [0.15, 0.2) is 0 Å². The number of hydrogen-bond acceptors (Lipinski definition) is 3. The van der Waals surface area contributed by atoms with Crippen LogP contribution in [-0.4, -0.2) is 47.7 Å². The summed E-state index contributed by atoms with van der Waals surface area (Å²) < 4.78 is 0. The molecular weight excluding hydrogens is 306 g/mol. The van der Waals surface area contributed by atoms with Crippen molar-refractivity contribution < 1.29 is 14.7 Å². The first-order valence-corrected chi connectivity index (χ1v) is 8.78. The van der Waals surface area contributed by atoms with Crippen LogP contribution in [0.3, 0.4) is 0 Å². The zero-order valence-corrected chi connectivity index (χ0v) is 13.9. The Kier molecular flexibility index (Phi) is 5.35. The van der Waals surface area contributed by atoms with Gasteiger partial charge in [-0.15, -0.1) is 0 Å². The van der Waals surface area contributed by atoms with Crippen LogP contribution in [0.15, 0.2) is 24.3 Å². The van der Waals surface area contributed by atoms with Gasteiger partial charge in [0, 0.05) is 32.2 Å². The molecule has 0 saturated carbocycles. The largest absolute Gasteiger partial charge is 0.396 e. The third-order valence-electron chi connectivity index (χ3n) is 4.86. The van der Waals surface area contributed by atoms with Crippen LogP contribution < -0.4 is 10.2 Å². The van der Waals surface area contributed by atoms with E-state index >= 15 is 0 Å². The molecule has 1 atom stereocenters. The molecule has 6 nitrogen and oxygen atoms in total. The predicted molar refractivity (Wildman–Crippen MR) is 93.1 cm³/mol. The molecule has 0 aromatic heterocycles. The first kappa shape index (κ1) is 16.8. The highest BCUT2D eigenvalue weighted by molar-refractivity contribution is 6.01. The number of rotatable bonds is 4. The third kappa shape index (κ3) is 3.53. The zero-order valence-electron chi connectivity index (χ0n) is 13.9. The first-order chi connectivity index (χ1) is 11.7. The Morgan fingerprint density at radius 2 is 2.04 bits per heavy atom. The van der Waals surface area contributed by atoms with Crippen molar-refractivity contribution >= 4 is 23.3 Å². The number of nitrogens with zero attached hydrogens (tertiary/aromatic N) is 2. The van der Waals surface area contributed by atoms with E-state index in [1.165, 1.54) is 0 Å². The van der Waals surface area contributed by atoms with Gasteiger partial charge in [-0.05, 0) is 44.2 Å². The quantitative estimate of drug-likeness (QED) is 0.890. The molecule has 2 aliphatic heterocycles. The van der Waals surface area contributed by atoms with E-state index in [1.807, 2.05) is 24.3 Å². The maximum absolute atomic E-state index is 12.6. The van der Waals surface area contributed by atoms with Gasteiger partial charge in [0.2, 0.25) is 5.91 Å². The lowest BCUT2D eigenvalue weighted by atomic mass is 10.1. The van der Waals surface area contributed by atoms with E-state index in [0.29, 0.717) is 31.6 Å². The van der Waals surface area contributed by atoms with Crippen molar-refractivity contribution in [3.8, 4) is 0 Å². The molecule has 0 radical (unpaired) electrons. The summed E-state index contributed by atoms with van der Waals surface area (Å²) in [5.74, 6) is 0.113. The molecule has 1 aromatic rings. The summed E-state index contributed by atoms with van der Waals surface area (Å²) in [5.41, 5.74) is 1.45. The molecule has 6 heteroatoms. The SMILES string of the molecule is O=C1CCCCN1c1ccccc1NC(=O)N1CCCC1CCO. The van der Waals surface area contributed by atoms with Gasteiger partial charge in [-0.1, -0.05) is 12.1 Å². The molecule has 2 N–H and O–H groups in total. The molecule has 0 bridgehead atoms. The smallest absolute Gasteiger partial charge is 0.322 e. The van der Waals surface area contributed by atoms with Crippen LogP contribution in [0.25, 0.3) is 0 Å². The second-order valence-electron chi connectivity index (χ2n) is 6.45. The number of para-hydroxylation sites is 2. The van der Waals surface area contributed by atoms with Crippen molar-refractivity contribution in [2.75, 3.05) is 29.9 Å². The van der Waals surface area contributed by atoms with Gasteiger partial charge < -0.3 is 20.2 Å². The van der Waals surface area contributed by atoms with Gasteiger partial charge in [0.05, 0.1) is 11.4 Å². The summed E-state index contributed by atoms with van der Waals surface area (Å²) >= 11 is 0. The fraction of sp³-hybridized carbons (Fsp3) is 0.556. The molecule has 3 rings (SSSR count). The van der Waals surface area contributed by atoms with E-state index in [2.05, 4.69) is 5.32 Å². The molecule has 2 saturated heterocycles. The number of aliphatic hydroxyl groups excluding tert-OH is 1. The zero-order chi connectivity index (χ0) is 16.9. The highest BCUT2D eigenvalue weighted by Crippen LogP contribution is 2.30. The average Bonchev–Trinajstić information content (AvgIpc) is 3.05. The van der Waals surface area contributed by atoms with Crippen molar-refractivity contribution in [2.45, 2.75) is 44.6 Å². The van der Waals surface area contributed by atoms with E-state index in [9.17, 15) is 9.59 Å². The molecule has 130 valence electrons. The molecule has 2 heterocycles. The molecule has 0 aliphatic carbocycles. The monoisotopic (exact) mass is 331 g/mol. The summed E-state index contributed by atoms with van der Waals surface area (Å²) in [7, 11) is 0. The molecule has 24 heavy (non-hydrogen) atoms. The van der Waals surface area contributed by atoms with E-state index in [-0.39, 0.29) is 24.6 Å². The third-order valence-corrected chi connectivity index (χ3v) is 4.86. The van der Waals surface area contributed by atoms with E-state index in [1.54, 1.807) is 9.80 Å². The minimum Gasteiger partial charge on any atom is -0.396 e. The second-order valence-corrected chi connectivity index (χ2v) is 6.45. The number of piperidine rings is 1. The summed E-state index contributed by atoms with van der Waals surface area (Å²) in [6.07, 6.45) is 4.98. The fourth-order valence-corrected chi connectivity index (χ4v) is 3.61. The van der Waals surface area contributed by atoms with Gasteiger partial charge >= 0.3 is 6.03 Å². The van der Waals surface area contributed by atoms with Crippen LogP contribution in [0.4, 0.5) is 16.2 Å². The van der Waals surface area contributed by atoms with Crippen molar-refractivity contribution in [2.24, 2.45) is 0 Å². The Balaban J connectivity index is 1.75. The van der Waals surface area contributed by atoms with Gasteiger partial charge in [0.1, 0.15) is 0 Å². The Morgan fingerprint density at radius 3 is 2.83 bits per heavy atom. The molecule has 2 fully saturated rings. The Bertz CT molecular complexity index is 605. The predicted octanol–water partition coefficient (Wildman–Crippen LogP) is 2.58. The number of hydrogen-bond donors (Lipinski definition) is 2. The van der Waals surface area contributed by atoms with Gasteiger partial charge in [-0.25, -0.2) is 4.79 Å². The number of likely N-dealkylation sites (tertiary alicyclic amines) is 1. The number of nitrogens with one attached hydrogen (secondary N) is 1. The van der Waals surface area contributed by atoms with E-state index in [4.69, 9.17) is 5.11 Å². The maximum atomic E-state index is 12.6. The Labute approximate surface area is 142 Å². The number of carbonyl (C=O) groups excluding carboxylic acids is 2. The van der Waals surface area contributed by atoms with E-state index < -0.39 is 0 Å². The minimum atomic E-state index is -0.150. The van der Waals surface area contributed by atoms with Crippen LogP contribution in [0, 0.1) is 0 Å². The van der Waals surface area contributed by atoms with Gasteiger partial charge in [-0.3, -0.25) is 4.79 Å². The van der Waals surface area contributed by atoms with Crippen molar-refractivity contribution in [1.29, 1.82) is 0 Å². The van der Waals surface area contributed by atoms with Crippen LogP contribution >= 0.6 is 0 Å². The number of aliphatic hydroxyl groups is 1. The molecule has 2 aliphatic rings. The highest BCUT2D eigenvalue weighted by Gasteiger charge is 2.29. The van der Waals surface area contributed by atoms with E-state index in [0.717, 1.165) is 31.4 Å². The molecule has 1 aromatic carbocycles. The summed E-state index contributed by atoms with van der Waals surface area (Å²) in [4.78, 5) is 28.4. The lowest BCUT2D eigenvalue weighted by Crippen LogP contribution is -2.40. The minimum absolute atomic E-state index is 0.0906. The lowest BCUT2D eigenvalue weighted by molar-refractivity contribution is -0.119. The number of carbonyl (C=O) groups is 2. The van der Waals surface area contributed by atoms with Gasteiger partial charge in [0.25, 0.3) is 0 Å². The fourth-order valence-electron chi connectivity index (χ4n) is 3.61. The van der Waals surface area contributed by atoms with Crippen LogP contribution in [-0.2, 0) is 4.79 Å². The van der Waals surface area contributed by atoms with Gasteiger partial charge in [-0.2, -0.15) is 0 Å². The van der Waals surface area contributed by atoms with Crippen molar-refractivity contribution in [1.82, 2.24) is 4.90 Å². The number of urea groups is 1. The number of anilines is 2. The second kappa shape index (κ2) is 7.66. The number of amides is 3.